The molecule has 0 radical (unpaired) electrons. The zero-order chi connectivity index (χ0) is 15.9. The number of carboxylic acids is 1. The van der Waals surface area contributed by atoms with E-state index in [0.29, 0.717) is 11.7 Å². The second-order valence-corrected chi connectivity index (χ2v) is 5.59. The summed E-state index contributed by atoms with van der Waals surface area (Å²) >= 11 is 1.05. The highest BCUT2D eigenvalue weighted by molar-refractivity contribution is 8.00. The number of thioether (sulfide) groups is 1. The SMILES string of the molecule is CC(NC(=O)CSCC(=O)O)c1ncc(-c2ccccc2)o1. The summed E-state index contributed by atoms with van der Waals surface area (Å²) in [7, 11) is 0. The first-order chi connectivity index (χ1) is 10.6. The molecule has 7 heteroatoms. The molecule has 1 atom stereocenters. The number of hydrogen-bond donors (Lipinski definition) is 2. The maximum Gasteiger partial charge on any atom is 0.313 e. The van der Waals surface area contributed by atoms with Crippen molar-refractivity contribution < 1.29 is 19.1 Å². The van der Waals surface area contributed by atoms with E-state index >= 15 is 0 Å². The average molecular weight is 320 g/mol. The van der Waals surface area contributed by atoms with Crippen LogP contribution in [0, 0.1) is 0 Å². The summed E-state index contributed by atoms with van der Waals surface area (Å²) in [6, 6.07) is 9.17. The van der Waals surface area contributed by atoms with Gasteiger partial charge in [-0.3, -0.25) is 9.59 Å². The molecule has 1 unspecified atom stereocenters. The Morgan fingerprint density at radius 2 is 2.05 bits per heavy atom. The minimum absolute atomic E-state index is 0.0862. The third-order valence-corrected chi connectivity index (χ3v) is 3.71. The third-order valence-electron chi connectivity index (χ3n) is 2.79. The number of aliphatic carboxylic acids is 1. The molecule has 116 valence electrons. The van der Waals surface area contributed by atoms with Gasteiger partial charge in [0.15, 0.2) is 5.76 Å². The lowest BCUT2D eigenvalue weighted by molar-refractivity contribution is -0.133. The molecule has 6 nitrogen and oxygen atoms in total. The predicted octanol–water partition coefficient (Wildman–Crippen LogP) is 2.34. The fourth-order valence-corrected chi connectivity index (χ4v) is 2.35. The van der Waals surface area contributed by atoms with Crippen LogP contribution in [0.4, 0.5) is 0 Å². The number of nitrogens with zero attached hydrogens (tertiary/aromatic N) is 1. The van der Waals surface area contributed by atoms with Crippen LogP contribution >= 0.6 is 11.8 Å². The lowest BCUT2D eigenvalue weighted by atomic mass is 10.2. The topological polar surface area (TPSA) is 92.4 Å². The van der Waals surface area contributed by atoms with Crippen LogP contribution in [0.2, 0.25) is 0 Å². The molecule has 2 aromatic rings. The summed E-state index contributed by atoms with van der Waals surface area (Å²) in [5.74, 6) is -0.154. The first-order valence-electron chi connectivity index (χ1n) is 6.66. The van der Waals surface area contributed by atoms with Gasteiger partial charge in [-0.2, -0.15) is 0 Å². The standard InChI is InChI=1S/C15H16N2O4S/c1-10(17-13(18)8-22-9-14(19)20)15-16-7-12(21-15)11-5-3-2-4-6-11/h2-7,10H,8-9H2,1H3,(H,17,18)(H,19,20). The zero-order valence-corrected chi connectivity index (χ0v) is 12.8. The zero-order valence-electron chi connectivity index (χ0n) is 12.0. The number of carboxylic acid groups (broad SMARTS) is 1. The average Bonchev–Trinajstić information content (AvgIpc) is 2.97. The van der Waals surface area contributed by atoms with Crippen LogP contribution in [0.3, 0.4) is 0 Å². The van der Waals surface area contributed by atoms with E-state index in [4.69, 9.17) is 9.52 Å². The van der Waals surface area contributed by atoms with E-state index in [0.717, 1.165) is 17.3 Å². The van der Waals surface area contributed by atoms with Crippen molar-refractivity contribution in [2.75, 3.05) is 11.5 Å². The Hall–Kier alpha value is -2.28. The largest absolute Gasteiger partial charge is 0.481 e. The summed E-state index contributed by atoms with van der Waals surface area (Å²) in [4.78, 5) is 26.2. The van der Waals surface area contributed by atoms with Gasteiger partial charge in [0.05, 0.1) is 17.7 Å². The second-order valence-electron chi connectivity index (χ2n) is 4.60. The second kappa shape index (κ2) is 7.65. The molecule has 2 rings (SSSR count). The van der Waals surface area contributed by atoms with Crippen molar-refractivity contribution in [3.63, 3.8) is 0 Å². The molecule has 0 bridgehead atoms. The van der Waals surface area contributed by atoms with Gasteiger partial charge in [0.25, 0.3) is 0 Å². The molecule has 1 heterocycles. The van der Waals surface area contributed by atoms with Crippen LogP contribution in [0.5, 0.6) is 0 Å². The Morgan fingerprint density at radius 3 is 2.73 bits per heavy atom. The van der Waals surface area contributed by atoms with E-state index in [-0.39, 0.29) is 23.5 Å². The lowest BCUT2D eigenvalue weighted by Crippen LogP contribution is -2.28. The summed E-state index contributed by atoms with van der Waals surface area (Å²) < 4.78 is 5.65. The summed E-state index contributed by atoms with van der Waals surface area (Å²) in [5, 5.41) is 11.2. The minimum Gasteiger partial charge on any atom is -0.481 e. The molecule has 0 fully saturated rings. The van der Waals surface area contributed by atoms with Crippen molar-refractivity contribution >= 4 is 23.6 Å². The number of amides is 1. The van der Waals surface area contributed by atoms with Crippen molar-refractivity contribution in [1.29, 1.82) is 0 Å². The van der Waals surface area contributed by atoms with Crippen molar-refractivity contribution in [1.82, 2.24) is 10.3 Å². The van der Waals surface area contributed by atoms with Crippen LogP contribution < -0.4 is 5.32 Å². The van der Waals surface area contributed by atoms with Crippen LogP contribution in [0.25, 0.3) is 11.3 Å². The van der Waals surface area contributed by atoms with Crippen molar-refractivity contribution in [3.8, 4) is 11.3 Å². The number of benzene rings is 1. The fourth-order valence-electron chi connectivity index (χ4n) is 1.80. The van der Waals surface area contributed by atoms with Crippen LogP contribution in [-0.4, -0.2) is 33.5 Å². The minimum atomic E-state index is -0.939. The predicted molar refractivity (Wildman–Crippen MR) is 83.5 cm³/mol. The van der Waals surface area contributed by atoms with E-state index in [1.807, 2.05) is 30.3 Å². The monoisotopic (exact) mass is 320 g/mol. The van der Waals surface area contributed by atoms with Gasteiger partial charge in [0.1, 0.15) is 6.04 Å². The van der Waals surface area contributed by atoms with Gasteiger partial charge >= 0.3 is 5.97 Å². The Labute approximate surface area is 131 Å². The number of carbonyl (C=O) groups excluding carboxylic acids is 1. The van der Waals surface area contributed by atoms with Gasteiger partial charge in [-0.05, 0) is 6.92 Å². The molecule has 0 saturated heterocycles. The molecule has 22 heavy (non-hydrogen) atoms. The maximum absolute atomic E-state index is 11.7. The Morgan fingerprint density at radius 1 is 1.32 bits per heavy atom. The van der Waals surface area contributed by atoms with E-state index in [1.54, 1.807) is 13.1 Å². The van der Waals surface area contributed by atoms with Crippen molar-refractivity contribution in [3.05, 3.63) is 42.4 Å². The Kier molecular flexibility index (Phi) is 5.60. The van der Waals surface area contributed by atoms with Gasteiger partial charge in [0.2, 0.25) is 11.8 Å². The molecule has 0 aliphatic heterocycles. The number of aromatic nitrogens is 1. The van der Waals surface area contributed by atoms with Crippen LogP contribution in [0.15, 0.2) is 40.9 Å². The van der Waals surface area contributed by atoms with Crippen molar-refractivity contribution in [2.45, 2.75) is 13.0 Å². The van der Waals surface area contributed by atoms with E-state index in [2.05, 4.69) is 10.3 Å². The highest BCUT2D eigenvalue weighted by Gasteiger charge is 2.16. The summed E-state index contributed by atoms with van der Waals surface area (Å²) in [6.45, 7) is 1.76. The molecule has 0 aliphatic carbocycles. The molecule has 1 aromatic carbocycles. The van der Waals surface area contributed by atoms with Crippen molar-refractivity contribution in [2.24, 2.45) is 0 Å². The first-order valence-corrected chi connectivity index (χ1v) is 7.82. The number of oxazole rings is 1. The lowest BCUT2D eigenvalue weighted by Gasteiger charge is -2.09. The molecular weight excluding hydrogens is 304 g/mol. The van der Waals surface area contributed by atoms with Gasteiger partial charge in [0, 0.05) is 5.56 Å². The van der Waals surface area contributed by atoms with Crippen LogP contribution in [-0.2, 0) is 9.59 Å². The number of hydrogen-bond acceptors (Lipinski definition) is 5. The summed E-state index contributed by atoms with van der Waals surface area (Å²) in [5.41, 5.74) is 0.914. The third kappa shape index (κ3) is 4.63. The van der Waals surface area contributed by atoms with Gasteiger partial charge in [-0.25, -0.2) is 4.98 Å². The van der Waals surface area contributed by atoms with Gasteiger partial charge < -0.3 is 14.8 Å². The molecule has 1 amide bonds. The Balaban J connectivity index is 1.90. The highest BCUT2D eigenvalue weighted by Crippen LogP contribution is 2.22. The molecule has 0 aliphatic rings. The molecule has 0 saturated carbocycles. The number of rotatable bonds is 7. The number of nitrogens with one attached hydrogen (secondary N) is 1. The smallest absolute Gasteiger partial charge is 0.313 e. The van der Waals surface area contributed by atoms with Crippen LogP contribution in [0.1, 0.15) is 18.9 Å². The first kappa shape index (κ1) is 16.1. The molecule has 2 N–H and O–H groups in total. The molecular formula is C15H16N2O4S. The highest BCUT2D eigenvalue weighted by atomic mass is 32.2. The molecule has 1 aromatic heterocycles. The van der Waals surface area contributed by atoms with Gasteiger partial charge in [-0.1, -0.05) is 30.3 Å². The summed E-state index contributed by atoms with van der Waals surface area (Å²) in [6.07, 6.45) is 1.62. The molecule has 0 spiro atoms. The Bertz CT molecular complexity index is 642. The quantitative estimate of drug-likeness (QED) is 0.813. The fraction of sp³-hybridized carbons (Fsp3) is 0.267. The van der Waals surface area contributed by atoms with E-state index in [1.165, 1.54) is 0 Å². The maximum atomic E-state index is 11.7. The normalized spacial score (nSPS) is 11.9. The van der Waals surface area contributed by atoms with Gasteiger partial charge in [-0.15, -0.1) is 11.8 Å². The number of carbonyl (C=O) groups is 2. The van der Waals surface area contributed by atoms with E-state index in [9.17, 15) is 9.59 Å². The van der Waals surface area contributed by atoms with E-state index < -0.39 is 5.97 Å².